The number of hydrogen-bond donors (Lipinski definition) is 2. The van der Waals surface area contributed by atoms with E-state index < -0.39 is 11.6 Å². The van der Waals surface area contributed by atoms with Crippen LogP contribution in [0.3, 0.4) is 0 Å². The van der Waals surface area contributed by atoms with Gasteiger partial charge in [-0.15, -0.1) is 0 Å². The van der Waals surface area contributed by atoms with Crippen molar-refractivity contribution in [2.24, 2.45) is 5.84 Å². The molecule has 2 atom stereocenters. The lowest BCUT2D eigenvalue weighted by atomic mass is 9.98. The Morgan fingerprint density at radius 3 is 2.45 bits per heavy atom. The molecule has 0 amide bonds. The fourth-order valence-corrected chi connectivity index (χ4v) is 2.85. The van der Waals surface area contributed by atoms with Crippen molar-refractivity contribution in [3.05, 3.63) is 35.4 Å². The largest absolute Gasteiger partial charge is 0.305 e. The molecule has 1 aliphatic rings. The Hall–Kier alpha value is -1.08. The maximum Gasteiger partial charge on any atom is 0.126 e. The monoisotopic (exact) mass is 284 g/mol. The van der Waals surface area contributed by atoms with Crippen molar-refractivity contribution in [2.75, 3.05) is 33.7 Å². The third-order valence-electron chi connectivity index (χ3n) is 3.92. The lowest BCUT2D eigenvalue weighted by molar-refractivity contribution is 0.178. The molecule has 1 aliphatic heterocycles. The fourth-order valence-electron chi connectivity index (χ4n) is 2.85. The molecule has 1 aromatic rings. The predicted molar refractivity (Wildman–Crippen MR) is 75.0 cm³/mol. The Morgan fingerprint density at radius 2 is 1.85 bits per heavy atom. The number of likely N-dealkylation sites (N-methyl/N-ethyl adjacent to an activating group) is 2. The van der Waals surface area contributed by atoms with Gasteiger partial charge in [-0.05, 0) is 51.3 Å². The fraction of sp³-hybridized carbons (Fsp3) is 0.571. The summed E-state index contributed by atoms with van der Waals surface area (Å²) in [5, 5.41) is 0. The van der Waals surface area contributed by atoms with Gasteiger partial charge in [0.05, 0.1) is 6.04 Å². The van der Waals surface area contributed by atoms with Crippen LogP contribution in [0.2, 0.25) is 0 Å². The summed E-state index contributed by atoms with van der Waals surface area (Å²) in [6.45, 7) is 2.74. The Bertz CT molecular complexity index is 435. The van der Waals surface area contributed by atoms with Gasteiger partial charge in [-0.3, -0.25) is 11.3 Å². The van der Waals surface area contributed by atoms with Crippen LogP contribution in [0.1, 0.15) is 18.0 Å². The lowest BCUT2D eigenvalue weighted by Gasteiger charge is -2.34. The quantitative estimate of drug-likeness (QED) is 0.644. The summed E-state index contributed by atoms with van der Waals surface area (Å²) < 4.78 is 26.8. The van der Waals surface area contributed by atoms with Crippen molar-refractivity contribution < 1.29 is 8.78 Å². The second-order valence-corrected chi connectivity index (χ2v) is 5.51. The van der Waals surface area contributed by atoms with Crippen molar-refractivity contribution in [2.45, 2.75) is 18.5 Å². The van der Waals surface area contributed by atoms with Crippen molar-refractivity contribution in [1.29, 1.82) is 0 Å². The second kappa shape index (κ2) is 6.58. The molecule has 4 nitrogen and oxygen atoms in total. The summed E-state index contributed by atoms with van der Waals surface area (Å²) in [6, 6.07) is 3.30. The van der Waals surface area contributed by atoms with E-state index in [2.05, 4.69) is 15.2 Å². The second-order valence-electron chi connectivity index (χ2n) is 5.51. The first-order valence-electron chi connectivity index (χ1n) is 6.82. The Labute approximate surface area is 118 Å². The van der Waals surface area contributed by atoms with Crippen LogP contribution in [0, 0.1) is 11.6 Å². The van der Waals surface area contributed by atoms with Crippen LogP contribution >= 0.6 is 0 Å². The number of hydrazine groups is 1. The zero-order chi connectivity index (χ0) is 14.7. The molecule has 2 rings (SSSR count). The van der Waals surface area contributed by atoms with Gasteiger partial charge in [-0.2, -0.15) is 0 Å². The summed E-state index contributed by atoms with van der Waals surface area (Å²) in [5.41, 5.74) is 3.26. The third-order valence-corrected chi connectivity index (χ3v) is 3.92. The highest BCUT2D eigenvalue weighted by Crippen LogP contribution is 2.24. The van der Waals surface area contributed by atoms with E-state index in [1.54, 1.807) is 0 Å². The maximum atomic E-state index is 13.4. The van der Waals surface area contributed by atoms with Crippen molar-refractivity contribution in [1.82, 2.24) is 15.2 Å². The van der Waals surface area contributed by atoms with Gasteiger partial charge < -0.3 is 9.80 Å². The van der Waals surface area contributed by atoms with Gasteiger partial charge in [0, 0.05) is 18.7 Å². The first-order valence-corrected chi connectivity index (χ1v) is 6.82. The minimum atomic E-state index is -0.579. The highest BCUT2D eigenvalue weighted by Gasteiger charge is 2.29. The van der Waals surface area contributed by atoms with E-state index >= 15 is 0 Å². The molecule has 0 bridgehead atoms. The van der Waals surface area contributed by atoms with E-state index in [4.69, 9.17) is 5.84 Å². The molecule has 0 aromatic heterocycles. The summed E-state index contributed by atoms with van der Waals surface area (Å²) in [5.74, 6) is 4.50. The highest BCUT2D eigenvalue weighted by atomic mass is 19.1. The number of nitrogens with zero attached hydrogens (tertiary/aromatic N) is 2. The molecule has 0 spiro atoms. The molecule has 1 fully saturated rings. The Kier molecular flexibility index (Phi) is 5.04. The molecule has 0 saturated carbocycles. The molecular weight excluding hydrogens is 262 g/mol. The topological polar surface area (TPSA) is 44.5 Å². The minimum Gasteiger partial charge on any atom is -0.305 e. The molecule has 112 valence electrons. The number of benzene rings is 1. The van der Waals surface area contributed by atoms with Gasteiger partial charge in [0.15, 0.2) is 0 Å². The molecule has 1 saturated heterocycles. The van der Waals surface area contributed by atoms with E-state index in [-0.39, 0.29) is 12.1 Å². The molecule has 6 heteroatoms. The smallest absolute Gasteiger partial charge is 0.126 e. The number of rotatable bonds is 3. The van der Waals surface area contributed by atoms with Gasteiger partial charge in [0.25, 0.3) is 0 Å². The van der Waals surface area contributed by atoms with Crippen LogP contribution in [0.15, 0.2) is 18.2 Å². The standard InChI is InChI=1S/C14H22F2N4/c1-19-4-3-5-20(2)13(9-19)14(18-17)10-6-11(15)8-12(16)7-10/h6-8,13-14,18H,3-5,9,17H2,1-2H3. The molecule has 20 heavy (non-hydrogen) atoms. The average Bonchev–Trinajstić information content (AvgIpc) is 2.52. The van der Waals surface area contributed by atoms with Crippen LogP contribution < -0.4 is 11.3 Å². The first kappa shape index (κ1) is 15.3. The normalized spacial score (nSPS) is 23.6. The van der Waals surface area contributed by atoms with Gasteiger partial charge in [0.1, 0.15) is 11.6 Å². The molecule has 0 aliphatic carbocycles. The highest BCUT2D eigenvalue weighted by molar-refractivity contribution is 5.23. The number of nitrogens with one attached hydrogen (secondary N) is 1. The maximum absolute atomic E-state index is 13.4. The van der Waals surface area contributed by atoms with Crippen molar-refractivity contribution >= 4 is 0 Å². The predicted octanol–water partition coefficient (Wildman–Crippen LogP) is 1.11. The Balaban J connectivity index is 2.29. The number of hydrogen-bond acceptors (Lipinski definition) is 4. The van der Waals surface area contributed by atoms with E-state index in [1.807, 2.05) is 14.1 Å². The summed E-state index contributed by atoms with van der Waals surface area (Å²) in [4.78, 5) is 4.41. The van der Waals surface area contributed by atoms with Crippen LogP contribution in [-0.4, -0.2) is 49.6 Å². The number of halogens is 2. The summed E-state index contributed by atoms with van der Waals surface area (Å²) in [7, 11) is 4.07. The molecule has 3 N–H and O–H groups in total. The molecule has 1 heterocycles. The Morgan fingerprint density at radius 1 is 1.20 bits per heavy atom. The van der Waals surface area contributed by atoms with Crippen LogP contribution in [0.4, 0.5) is 8.78 Å². The van der Waals surface area contributed by atoms with E-state index in [0.29, 0.717) is 5.56 Å². The van der Waals surface area contributed by atoms with Gasteiger partial charge in [-0.1, -0.05) is 0 Å². The lowest BCUT2D eigenvalue weighted by Crippen LogP contribution is -2.48. The molecule has 0 radical (unpaired) electrons. The summed E-state index contributed by atoms with van der Waals surface area (Å²) in [6.07, 6.45) is 1.07. The van der Waals surface area contributed by atoms with E-state index in [0.717, 1.165) is 32.1 Å². The average molecular weight is 284 g/mol. The summed E-state index contributed by atoms with van der Waals surface area (Å²) >= 11 is 0. The first-order chi connectivity index (χ1) is 9.51. The number of nitrogens with two attached hydrogens (primary N) is 1. The van der Waals surface area contributed by atoms with E-state index in [9.17, 15) is 8.78 Å². The molecule has 2 unspecified atom stereocenters. The zero-order valence-electron chi connectivity index (χ0n) is 11.9. The van der Waals surface area contributed by atoms with Gasteiger partial charge in [-0.25, -0.2) is 8.78 Å². The zero-order valence-corrected chi connectivity index (χ0v) is 11.9. The minimum absolute atomic E-state index is 0.0636. The molecular formula is C14H22F2N4. The SMILES string of the molecule is CN1CCCN(C)C(C(NN)c2cc(F)cc(F)c2)C1. The molecule has 1 aromatic carbocycles. The van der Waals surface area contributed by atoms with Crippen LogP contribution in [-0.2, 0) is 0 Å². The van der Waals surface area contributed by atoms with Crippen molar-refractivity contribution in [3.8, 4) is 0 Å². The van der Waals surface area contributed by atoms with Gasteiger partial charge >= 0.3 is 0 Å². The third kappa shape index (κ3) is 3.52. The van der Waals surface area contributed by atoms with Crippen LogP contribution in [0.5, 0.6) is 0 Å². The van der Waals surface area contributed by atoms with Crippen LogP contribution in [0.25, 0.3) is 0 Å². The van der Waals surface area contributed by atoms with Crippen molar-refractivity contribution in [3.63, 3.8) is 0 Å². The van der Waals surface area contributed by atoms with Gasteiger partial charge in [0.2, 0.25) is 0 Å². The van der Waals surface area contributed by atoms with E-state index in [1.165, 1.54) is 12.1 Å².